The zero-order valence-corrected chi connectivity index (χ0v) is 18.2. The highest BCUT2D eigenvalue weighted by Gasteiger charge is 2.65. The molecule has 0 fully saturated rings. The molecule has 0 aromatic heterocycles. The Morgan fingerprint density at radius 3 is 1.56 bits per heavy atom. The van der Waals surface area contributed by atoms with Gasteiger partial charge in [0.1, 0.15) is 0 Å². The summed E-state index contributed by atoms with van der Waals surface area (Å²) in [5.41, 5.74) is -4.19. The molecule has 0 saturated carbocycles. The molecule has 0 heterocycles. The molecule has 1 aliphatic carbocycles. The first-order chi connectivity index (χ1) is 15.3. The molecule has 170 valence electrons. The van der Waals surface area contributed by atoms with E-state index < -0.39 is 52.0 Å². The van der Waals surface area contributed by atoms with Crippen molar-refractivity contribution in [2.75, 3.05) is 35.5 Å². The van der Waals surface area contributed by atoms with E-state index in [4.69, 9.17) is 23.7 Å². The third kappa shape index (κ3) is 3.75. The molecule has 10 heteroatoms. The first kappa shape index (κ1) is 24.3. The van der Waals surface area contributed by atoms with E-state index >= 15 is 0 Å². The van der Waals surface area contributed by atoms with Crippen LogP contribution in [0.4, 0.5) is 0 Å². The fourth-order valence-electron chi connectivity index (χ4n) is 3.65. The standard InChI is InChI=1S/C22H22O10/c1-28-17(23)14-13(11-12-9-7-6-8-10-12)22(20(26)31-4,21(27)32-5)16(19(25)30-3)15(14)18(24)29-2/h6-10H,11H2,1-5H3. The molecule has 0 saturated heterocycles. The van der Waals surface area contributed by atoms with Crippen molar-refractivity contribution < 1.29 is 47.7 Å². The van der Waals surface area contributed by atoms with Crippen LogP contribution in [0.15, 0.2) is 52.6 Å². The fraction of sp³-hybridized carbons (Fsp3) is 0.318. The Kier molecular flexibility index (Phi) is 7.53. The van der Waals surface area contributed by atoms with Crippen LogP contribution >= 0.6 is 0 Å². The van der Waals surface area contributed by atoms with Gasteiger partial charge >= 0.3 is 29.8 Å². The first-order valence-electron chi connectivity index (χ1n) is 9.20. The minimum Gasteiger partial charge on any atom is -0.468 e. The second-order valence-corrected chi connectivity index (χ2v) is 6.47. The van der Waals surface area contributed by atoms with Crippen LogP contribution in [-0.4, -0.2) is 65.4 Å². The van der Waals surface area contributed by atoms with Crippen LogP contribution in [0, 0.1) is 5.41 Å². The summed E-state index contributed by atoms with van der Waals surface area (Å²) >= 11 is 0. The topological polar surface area (TPSA) is 132 Å². The minimum absolute atomic E-state index is 0.212. The van der Waals surface area contributed by atoms with Crippen molar-refractivity contribution in [2.24, 2.45) is 5.41 Å². The first-order valence-corrected chi connectivity index (χ1v) is 9.20. The molecule has 0 spiro atoms. The third-order valence-corrected chi connectivity index (χ3v) is 5.00. The number of benzene rings is 1. The molecule has 1 aromatic rings. The molecule has 0 N–H and O–H groups in total. The Balaban J connectivity index is 3.11. The molecule has 1 aromatic carbocycles. The molecule has 32 heavy (non-hydrogen) atoms. The zero-order valence-electron chi connectivity index (χ0n) is 18.2. The van der Waals surface area contributed by atoms with E-state index in [9.17, 15) is 24.0 Å². The van der Waals surface area contributed by atoms with Crippen LogP contribution in [0.2, 0.25) is 0 Å². The normalized spacial score (nSPS) is 14.5. The van der Waals surface area contributed by atoms with Crippen LogP contribution in [0.5, 0.6) is 0 Å². The number of esters is 5. The molecule has 0 unspecified atom stereocenters. The van der Waals surface area contributed by atoms with Gasteiger partial charge in [-0.25, -0.2) is 14.4 Å². The van der Waals surface area contributed by atoms with Gasteiger partial charge in [-0.05, 0) is 17.6 Å². The molecule has 0 aliphatic heterocycles. The summed E-state index contributed by atoms with van der Waals surface area (Å²) in [6.45, 7) is 0. The van der Waals surface area contributed by atoms with E-state index in [1.54, 1.807) is 30.3 Å². The number of methoxy groups -OCH3 is 5. The summed E-state index contributed by atoms with van der Waals surface area (Å²) in [5.74, 6) is -5.98. The number of hydrogen-bond acceptors (Lipinski definition) is 10. The van der Waals surface area contributed by atoms with E-state index in [1.165, 1.54) is 0 Å². The zero-order chi connectivity index (χ0) is 24.1. The average Bonchev–Trinajstić information content (AvgIpc) is 3.13. The second-order valence-electron chi connectivity index (χ2n) is 6.47. The lowest BCUT2D eigenvalue weighted by Crippen LogP contribution is -2.46. The van der Waals surface area contributed by atoms with Gasteiger partial charge in [-0.15, -0.1) is 0 Å². The largest absolute Gasteiger partial charge is 0.468 e. The summed E-state index contributed by atoms with van der Waals surface area (Å²) in [6.07, 6.45) is -0.212. The van der Waals surface area contributed by atoms with Gasteiger partial charge in [0.2, 0.25) is 5.41 Å². The predicted octanol–water partition coefficient (Wildman–Crippen LogP) is 0.687. The van der Waals surface area contributed by atoms with Gasteiger partial charge in [0, 0.05) is 0 Å². The summed E-state index contributed by atoms with van der Waals surface area (Å²) in [5, 5.41) is 0. The Morgan fingerprint density at radius 1 is 0.656 bits per heavy atom. The lowest BCUT2D eigenvalue weighted by Gasteiger charge is -2.29. The van der Waals surface area contributed by atoms with Crippen LogP contribution in [0.25, 0.3) is 0 Å². The van der Waals surface area contributed by atoms with Crippen molar-refractivity contribution in [1.29, 1.82) is 0 Å². The monoisotopic (exact) mass is 446 g/mol. The highest BCUT2D eigenvalue weighted by Crippen LogP contribution is 2.51. The van der Waals surface area contributed by atoms with E-state index in [-0.39, 0.29) is 12.0 Å². The van der Waals surface area contributed by atoms with Crippen molar-refractivity contribution in [3.05, 3.63) is 58.2 Å². The highest BCUT2D eigenvalue weighted by molar-refractivity contribution is 6.24. The van der Waals surface area contributed by atoms with Crippen molar-refractivity contribution in [3.63, 3.8) is 0 Å². The number of carbonyl (C=O) groups is 5. The van der Waals surface area contributed by atoms with Gasteiger partial charge in [-0.1, -0.05) is 30.3 Å². The fourth-order valence-corrected chi connectivity index (χ4v) is 3.65. The molecule has 10 nitrogen and oxygen atoms in total. The Labute approximate surface area is 183 Å². The van der Waals surface area contributed by atoms with Crippen LogP contribution in [0.1, 0.15) is 5.56 Å². The number of ether oxygens (including phenoxy) is 5. The summed E-state index contributed by atoms with van der Waals surface area (Å²) in [7, 11) is 4.99. The summed E-state index contributed by atoms with van der Waals surface area (Å²) in [4.78, 5) is 64.8. The van der Waals surface area contributed by atoms with E-state index in [1.807, 2.05) is 0 Å². The number of carbonyl (C=O) groups excluding carboxylic acids is 5. The van der Waals surface area contributed by atoms with Crippen LogP contribution < -0.4 is 0 Å². The maximum atomic E-state index is 13.2. The lowest BCUT2D eigenvalue weighted by atomic mass is 9.73. The Morgan fingerprint density at radius 2 is 1.12 bits per heavy atom. The van der Waals surface area contributed by atoms with Gasteiger partial charge in [0.15, 0.2) is 0 Å². The smallest absolute Gasteiger partial charge is 0.339 e. The van der Waals surface area contributed by atoms with Crippen molar-refractivity contribution in [1.82, 2.24) is 0 Å². The number of rotatable bonds is 7. The van der Waals surface area contributed by atoms with Crippen molar-refractivity contribution >= 4 is 29.8 Å². The molecule has 0 radical (unpaired) electrons. The highest BCUT2D eigenvalue weighted by atomic mass is 16.6. The van der Waals surface area contributed by atoms with E-state index in [0.717, 1.165) is 35.5 Å². The summed E-state index contributed by atoms with van der Waals surface area (Å²) < 4.78 is 24.0. The Hall–Kier alpha value is -3.95. The lowest BCUT2D eigenvalue weighted by molar-refractivity contribution is -0.165. The molecule has 0 atom stereocenters. The molecular formula is C22H22O10. The summed E-state index contributed by atoms with van der Waals surface area (Å²) in [6, 6.07) is 8.44. The molecule has 0 amide bonds. The van der Waals surface area contributed by atoms with Crippen molar-refractivity contribution in [3.8, 4) is 0 Å². The van der Waals surface area contributed by atoms with Gasteiger partial charge in [-0.2, -0.15) is 0 Å². The van der Waals surface area contributed by atoms with Gasteiger partial charge in [0.05, 0.1) is 52.3 Å². The maximum Gasteiger partial charge on any atom is 0.339 e. The van der Waals surface area contributed by atoms with Gasteiger partial charge in [-0.3, -0.25) is 9.59 Å². The van der Waals surface area contributed by atoms with E-state index in [2.05, 4.69) is 0 Å². The SMILES string of the molecule is COC(=O)C1=C(Cc2ccccc2)C(C(=O)OC)(C(=O)OC)C(C(=O)OC)=C1C(=O)OC. The quantitative estimate of drug-likeness (QED) is 0.335. The molecule has 0 bridgehead atoms. The third-order valence-electron chi connectivity index (χ3n) is 5.00. The average molecular weight is 446 g/mol. The number of hydrogen-bond donors (Lipinski definition) is 0. The minimum atomic E-state index is -2.61. The van der Waals surface area contributed by atoms with Crippen LogP contribution in [-0.2, 0) is 54.1 Å². The van der Waals surface area contributed by atoms with Crippen molar-refractivity contribution in [2.45, 2.75) is 6.42 Å². The van der Waals surface area contributed by atoms with Gasteiger partial charge < -0.3 is 23.7 Å². The predicted molar refractivity (Wildman–Crippen MR) is 107 cm³/mol. The van der Waals surface area contributed by atoms with Crippen LogP contribution in [0.3, 0.4) is 0 Å². The van der Waals surface area contributed by atoms with Gasteiger partial charge in [0.25, 0.3) is 0 Å². The molecule has 1 aliphatic rings. The Bertz CT molecular complexity index is 1000. The maximum absolute atomic E-state index is 13.2. The van der Waals surface area contributed by atoms with E-state index in [0.29, 0.717) is 5.56 Å². The molecular weight excluding hydrogens is 424 g/mol. The molecule has 2 rings (SSSR count). The second kappa shape index (κ2) is 9.90.